The highest BCUT2D eigenvalue weighted by molar-refractivity contribution is 5.75. The van der Waals surface area contributed by atoms with Crippen molar-refractivity contribution in [2.75, 3.05) is 6.61 Å². The van der Waals surface area contributed by atoms with E-state index in [4.69, 9.17) is 4.74 Å². The zero-order valence-corrected chi connectivity index (χ0v) is 11.8. The Kier molecular flexibility index (Phi) is 4.56. The Morgan fingerprint density at radius 2 is 2.05 bits per heavy atom. The van der Waals surface area contributed by atoms with Crippen LogP contribution in [0.25, 0.3) is 11.0 Å². The minimum atomic E-state index is -0.509. The standard InChI is InChI=1S/C15H22N2O2/c1-4-15-16-13-7-5-6-8-14(13)17(15)9-12(18)10-19-11(2)3/h5-8,11-12,18H,4,9-10H2,1-3H3/t12-/m1/s1. The fourth-order valence-electron chi connectivity index (χ4n) is 2.17. The van der Waals surface area contributed by atoms with E-state index in [-0.39, 0.29) is 6.10 Å². The minimum Gasteiger partial charge on any atom is -0.389 e. The number of benzene rings is 1. The van der Waals surface area contributed by atoms with Crippen molar-refractivity contribution >= 4 is 11.0 Å². The maximum atomic E-state index is 10.1. The number of aliphatic hydroxyl groups excluding tert-OH is 1. The summed E-state index contributed by atoms with van der Waals surface area (Å²) in [5.74, 6) is 1.00. The zero-order chi connectivity index (χ0) is 13.8. The first-order chi connectivity index (χ1) is 9.11. The molecule has 19 heavy (non-hydrogen) atoms. The number of rotatable bonds is 6. The average molecular weight is 262 g/mol. The van der Waals surface area contributed by atoms with E-state index in [1.54, 1.807) is 0 Å². The van der Waals surface area contributed by atoms with Crippen LogP contribution in [0.15, 0.2) is 24.3 Å². The Bertz CT molecular complexity index is 534. The van der Waals surface area contributed by atoms with E-state index in [0.29, 0.717) is 13.2 Å². The highest BCUT2D eigenvalue weighted by Gasteiger charge is 2.13. The minimum absolute atomic E-state index is 0.139. The summed E-state index contributed by atoms with van der Waals surface area (Å²) < 4.78 is 7.54. The van der Waals surface area contributed by atoms with Gasteiger partial charge in [0.25, 0.3) is 0 Å². The van der Waals surface area contributed by atoms with Gasteiger partial charge in [0.1, 0.15) is 5.82 Å². The van der Waals surface area contributed by atoms with Crippen molar-refractivity contribution in [3.05, 3.63) is 30.1 Å². The number of hydrogen-bond acceptors (Lipinski definition) is 3. The van der Waals surface area contributed by atoms with Crippen molar-refractivity contribution in [3.8, 4) is 0 Å². The largest absolute Gasteiger partial charge is 0.389 e. The first kappa shape index (κ1) is 14.0. The number of aromatic nitrogens is 2. The first-order valence-corrected chi connectivity index (χ1v) is 6.85. The molecule has 0 amide bonds. The van der Waals surface area contributed by atoms with Gasteiger partial charge < -0.3 is 14.4 Å². The molecule has 4 heteroatoms. The molecule has 104 valence electrons. The van der Waals surface area contributed by atoms with Gasteiger partial charge in [0.05, 0.1) is 36.4 Å². The Hall–Kier alpha value is -1.39. The van der Waals surface area contributed by atoms with E-state index < -0.39 is 6.10 Å². The van der Waals surface area contributed by atoms with Crippen LogP contribution in [0.2, 0.25) is 0 Å². The highest BCUT2D eigenvalue weighted by Crippen LogP contribution is 2.17. The van der Waals surface area contributed by atoms with Gasteiger partial charge in [-0.15, -0.1) is 0 Å². The lowest BCUT2D eigenvalue weighted by Crippen LogP contribution is -2.24. The molecule has 0 aliphatic carbocycles. The molecule has 2 aromatic rings. The molecule has 0 bridgehead atoms. The van der Waals surface area contributed by atoms with Crippen LogP contribution in [-0.2, 0) is 17.7 Å². The summed E-state index contributed by atoms with van der Waals surface area (Å²) in [4.78, 5) is 4.59. The van der Waals surface area contributed by atoms with Gasteiger partial charge in [0.2, 0.25) is 0 Å². The lowest BCUT2D eigenvalue weighted by Gasteiger charge is -2.16. The monoisotopic (exact) mass is 262 g/mol. The summed E-state index contributed by atoms with van der Waals surface area (Å²) >= 11 is 0. The van der Waals surface area contributed by atoms with E-state index in [1.807, 2.05) is 38.1 Å². The van der Waals surface area contributed by atoms with Gasteiger partial charge in [0, 0.05) is 6.42 Å². The third kappa shape index (κ3) is 3.33. The van der Waals surface area contributed by atoms with Crippen LogP contribution in [0.3, 0.4) is 0 Å². The summed E-state index contributed by atoms with van der Waals surface area (Å²) in [7, 11) is 0. The number of nitrogens with zero attached hydrogens (tertiary/aromatic N) is 2. The topological polar surface area (TPSA) is 47.3 Å². The summed E-state index contributed by atoms with van der Waals surface area (Å²) in [6, 6.07) is 8.02. The fourth-order valence-corrected chi connectivity index (χ4v) is 2.17. The van der Waals surface area contributed by atoms with Crippen molar-refractivity contribution in [1.82, 2.24) is 9.55 Å². The van der Waals surface area contributed by atoms with Gasteiger partial charge in [0.15, 0.2) is 0 Å². The molecule has 0 saturated carbocycles. The molecule has 2 rings (SSSR count). The van der Waals surface area contributed by atoms with Gasteiger partial charge in [-0.25, -0.2) is 4.98 Å². The number of aliphatic hydroxyl groups is 1. The van der Waals surface area contributed by atoms with E-state index in [1.165, 1.54) is 0 Å². The summed E-state index contributed by atoms with van der Waals surface area (Å²) in [6.45, 7) is 6.89. The second kappa shape index (κ2) is 6.17. The Morgan fingerprint density at radius 3 is 2.74 bits per heavy atom. The summed E-state index contributed by atoms with van der Waals surface area (Å²) in [5, 5.41) is 10.1. The van der Waals surface area contributed by atoms with Gasteiger partial charge in [-0.1, -0.05) is 19.1 Å². The van der Waals surface area contributed by atoms with Crippen molar-refractivity contribution in [2.45, 2.75) is 45.9 Å². The van der Waals surface area contributed by atoms with Crippen molar-refractivity contribution in [2.24, 2.45) is 0 Å². The number of aryl methyl sites for hydroxylation is 1. The number of fused-ring (bicyclic) bond motifs is 1. The normalized spacial score (nSPS) is 13.3. The zero-order valence-electron chi connectivity index (χ0n) is 11.8. The maximum Gasteiger partial charge on any atom is 0.109 e. The Balaban J connectivity index is 2.18. The second-order valence-corrected chi connectivity index (χ2v) is 5.02. The molecule has 1 heterocycles. The Labute approximate surface area is 114 Å². The summed E-state index contributed by atoms with van der Waals surface area (Å²) in [5.41, 5.74) is 2.05. The van der Waals surface area contributed by atoms with Crippen LogP contribution in [0.5, 0.6) is 0 Å². The number of hydrogen-bond donors (Lipinski definition) is 1. The molecular formula is C15H22N2O2. The van der Waals surface area contributed by atoms with Crippen LogP contribution >= 0.6 is 0 Å². The average Bonchev–Trinajstić information content (AvgIpc) is 2.75. The predicted molar refractivity (Wildman–Crippen MR) is 76.2 cm³/mol. The lowest BCUT2D eigenvalue weighted by atomic mass is 10.3. The van der Waals surface area contributed by atoms with Crippen molar-refractivity contribution in [1.29, 1.82) is 0 Å². The van der Waals surface area contributed by atoms with Gasteiger partial charge in [-0.05, 0) is 26.0 Å². The quantitative estimate of drug-likeness (QED) is 0.869. The van der Waals surface area contributed by atoms with Gasteiger partial charge in [-0.2, -0.15) is 0 Å². The van der Waals surface area contributed by atoms with Crippen molar-refractivity contribution in [3.63, 3.8) is 0 Å². The van der Waals surface area contributed by atoms with E-state index in [0.717, 1.165) is 23.3 Å². The first-order valence-electron chi connectivity index (χ1n) is 6.85. The van der Waals surface area contributed by atoms with E-state index in [2.05, 4.69) is 16.5 Å². The third-order valence-corrected chi connectivity index (χ3v) is 3.07. The van der Waals surface area contributed by atoms with E-state index in [9.17, 15) is 5.11 Å². The van der Waals surface area contributed by atoms with Crippen LogP contribution < -0.4 is 0 Å². The van der Waals surface area contributed by atoms with Gasteiger partial charge >= 0.3 is 0 Å². The molecule has 0 radical (unpaired) electrons. The predicted octanol–water partition coefficient (Wildman–Crippen LogP) is 2.38. The molecule has 1 N–H and O–H groups in total. The second-order valence-electron chi connectivity index (χ2n) is 5.02. The van der Waals surface area contributed by atoms with Crippen LogP contribution in [0, 0.1) is 0 Å². The van der Waals surface area contributed by atoms with E-state index >= 15 is 0 Å². The number of para-hydroxylation sites is 2. The Morgan fingerprint density at radius 1 is 1.32 bits per heavy atom. The SMILES string of the molecule is CCc1nc2ccccc2n1C[C@@H](O)COC(C)C. The number of ether oxygens (including phenoxy) is 1. The molecule has 0 spiro atoms. The fraction of sp³-hybridized carbons (Fsp3) is 0.533. The third-order valence-electron chi connectivity index (χ3n) is 3.07. The smallest absolute Gasteiger partial charge is 0.109 e. The number of imidazole rings is 1. The molecule has 0 saturated heterocycles. The molecule has 1 atom stereocenters. The molecule has 0 aliphatic heterocycles. The van der Waals surface area contributed by atoms with Gasteiger partial charge in [-0.3, -0.25) is 0 Å². The molecule has 0 unspecified atom stereocenters. The molecule has 0 fully saturated rings. The highest BCUT2D eigenvalue weighted by atomic mass is 16.5. The molecule has 4 nitrogen and oxygen atoms in total. The molecule has 1 aromatic carbocycles. The molecule has 1 aromatic heterocycles. The van der Waals surface area contributed by atoms with Crippen LogP contribution in [0.1, 0.15) is 26.6 Å². The maximum absolute atomic E-state index is 10.1. The summed E-state index contributed by atoms with van der Waals surface area (Å²) in [6.07, 6.45) is 0.483. The van der Waals surface area contributed by atoms with Crippen LogP contribution in [0.4, 0.5) is 0 Å². The molecular weight excluding hydrogens is 240 g/mol. The lowest BCUT2D eigenvalue weighted by molar-refractivity contribution is -0.000544. The molecule has 0 aliphatic rings. The van der Waals surface area contributed by atoms with Crippen molar-refractivity contribution < 1.29 is 9.84 Å². The van der Waals surface area contributed by atoms with Crippen LogP contribution in [-0.4, -0.2) is 33.5 Å².